The first-order chi connectivity index (χ1) is 14.2. The van der Waals surface area contributed by atoms with E-state index in [-0.39, 0.29) is 0 Å². The Labute approximate surface area is 169 Å². The standard InChI is InChI=1S/C22H22N6O/c1-16-11-17(2)28(27-16)22-14-23-13-21(26-22)25-12-18-6-8-20(9-7-18)29-15-19-5-3-4-10-24-19/h3-11,13-14H,12,15H2,1-2H3,(H,25,26). The topological polar surface area (TPSA) is 77.8 Å². The van der Waals surface area contributed by atoms with E-state index in [1.807, 2.05) is 62.4 Å². The van der Waals surface area contributed by atoms with E-state index in [1.54, 1.807) is 23.3 Å². The zero-order chi connectivity index (χ0) is 20.1. The Morgan fingerprint density at radius 2 is 1.90 bits per heavy atom. The van der Waals surface area contributed by atoms with Crippen LogP contribution in [0.1, 0.15) is 22.6 Å². The number of rotatable bonds is 7. The molecule has 146 valence electrons. The molecule has 0 atom stereocenters. The number of ether oxygens (including phenoxy) is 1. The number of hydrogen-bond acceptors (Lipinski definition) is 6. The van der Waals surface area contributed by atoms with Gasteiger partial charge in [-0.1, -0.05) is 18.2 Å². The maximum Gasteiger partial charge on any atom is 0.174 e. The van der Waals surface area contributed by atoms with Crippen LogP contribution in [0.25, 0.3) is 5.82 Å². The third-order valence-electron chi connectivity index (χ3n) is 4.36. The van der Waals surface area contributed by atoms with E-state index >= 15 is 0 Å². The fraction of sp³-hybridized carbons (Fsp3) is 0.182. The van der Waals surface area contributed by atoms with Crippen molar-refractivity contribution in [2.45, 2.75) is 27.0 Å². The molecule has 4 aromatic rings. The lowest BCUT2D eigenvalue weighted by Crippen LogP contribution is -2.07. The molecule has 0 unspecified atom stereocenters. The number of nitrogens with zero attached hydrogens (tertiary/aromatic N) is 5. The van der Waals surface area contributed by atoms with Gasteiger partial charge >= 0.3 is 0 Å². The number of aromatic nitrogens is 5. The molecule has 0 amide bonds. The van der Waals surface area contributed by atoms with Crippen molar-refractivity contribution in [3.8, 4) is 11.6 Å². The maximum atomic E-state index is 5.77. The largest absolute Gasteiger partial charge is 0.487 e. The maximum absolute atomic E-state index is 5.77. The van der Waals surface area contributed by atoms with Crippen LogP contribution >= 0.6 is 0 Å². The van der Waals surface area contributed by atoms with E-state index in [0.717, 1.165) is 28.4 Å². The van der Waals surface area contributed by atoms with Gasteiger partial charge in [-0.15, -0.1) is 0 Å². The predicted octanol–water partition coefficient (Wildman–Crippen LogP) is 3.87. The summed E-state index contributed by atoms with van der Waals surface area (Å²) in [6.45, 7) is 5.05. The van der Waals surface area contributed by atoms with E-state index in [0.29, 0.717) is 24.8 Å². The van der Waals surface area contributed by atoms with Gasteiger partial charge in [0.25, 0.3) is 0 Å². The summed E-state index contributed by atoms with van der Waals surface area (Å²) in [6, 6.07) is 15.8. The summed E-state index contributed by atoms with van der Waals surface area (Å²) in [5, 5.41) is 7.77. The molecule has 0 saturated heterocycles. The minimum absolute atomic E-state index is 0.452. The van der Waals surface area contributed by atoms with Gasteiger partial charge in [-0.2, -0.15) is 5.10 Å². The molecule has 1 N–H and O–H groups in total. The summed E-state index contributed by atoms with van der Waals surface area (Å²) in [5.41, 5.74) is 4.00. The van der Waals surface area contributed by atoms with E-state index in [4.69, 9.17) is 4.74 Å². The average molecular weight is 386 g/mol. The Balaban J connectivity index is 1.35. The SMILES string of the molecule is Cc1cc(C)n(-c2cncc(NCc3ccc(OCc4ccccn4)cc3)n2)n1. The third kappa shape index (κ3) is 4.76. The summed E-state index contributed by atoms with van der Waals surface area (Å²) in [5.74, 6) is 2.20. The van der Waals surface area contributed by atoms with Gasteiger partial charge < -0.3 is 10.1 Å². The summed E-state index contributed by atoms with van der Waals surface area (Å²) in [4.78, 5) is 13.1. The van der Waals surface area contributed by atoms with Crippen LogP contribution in [0, 0.1) is 13.8 Å². The van der Waals surface area contributed by atoms with Gasteiger partial charge in [-0.3, -0.25) is 9.97 Å². The van der Waals surface area contributed by atoms with Crippen LogP contribution < -0.4 is 10.1 Å². The Bertz CT molecular complexity index is 1080. The van der Waals surface area contributed by atoms with Gasteiger partial charge in [-0.05, 0) is 49.7 Å². The Hall–Kier alpha value is -3.74. The second-order valence-electron chi connectivity index (χ2n) is 6.71. The first kappa shape index (κ1) is 18.6. The van der Waals surface area contributed by atoms with Gasteiger partial charge in [0, 0.05) is 18.4 Å². The van der Waals surface area contributed by atoms with E-state index in [1.165, 1.54) is 0 Å². The third-order valence-corrected chi connectivity index (χ3v) is 4.36. The van der Waals surface area contributed by atoms with E-state index in [9.17, 15) is 0 Å². The highest BCUT2D eigenvalue weighted by Crippen LogP contribution is 2.15. The molecule has 7 heteroatoms. The van der Waals surface area contributed by atoms with Gasteiger partial charge in [0.2, 0.25) is 0 Å². The van der Waals surface area contributed by atoms with Crippen LogP contribution in [-0.2, 0) is 13.2 Å². The minimum Gasteiger partial charge on any atom is -0.487 e. The molecule has 0 radical (unpaired) electrons. The van der Waals surface area contributed by atoms with Crippen LogP contribution in [0.4, 0.5) is 5.82 Å². The van der Waals surface area contributed by atoms with Crippen LogP contribution in [0.2, 0.25) is 0 Å². The number of nitrogens with one attached hydrogen (secondary N) is 1. The fourth-order valence-electron chi connectivity index (χ4n) is 2.94. The smallest absolute Gasteiger partial charge is 0.174 e. The van der Waals surface area contributed by atoms with Gasteiger partial charge in [0.1, 0.15) is 18.2 Å². The highest BCUT2D eigenvalue weighted by molar-refractivity contribution is 5.38. The predicted molar refractivity (Wildman–Crippen MR) is 111 cm³/mol. The van der Waals surface area contributed by atoms with Gasteiger partial charge in [0.15, 0.2) is 5.82 Å². The fourth-order valence-corrected chi connectivity index (χ4v) is 2.94. The van der Waals surface area contributed by atoms with Crippen LogP contribution in [0.15, 0.2) is 67.1 Å². The van der Waals surface area contributed by atoms with Crippen molar-refractivity contribution in [1.82, 2.24) is 24.7 Å². The lowest BCUT2D eigenvalue weighted by Gasteiger charge is -2.09. The Kier molecular flexibility index (Phi) is 5.47. The normalized spacial score (nSPS) is 10.7. The number of hydrogen-bond donors (Lipinski definition) is 1. The van der Waals surface area contributed by atoms with E-state index < -0.39 is 0 Å². The van der Waals surface area contributed by atoms with Crippen molar-refractivity contribution >= 4 is 5.82 Å². The molecule has 7 nitrogen and oxygen atoms in total. The van der Waals surface area contributed by atoms with Crippen LogP contribution in [0.5, 0.6) is 5.75 Å². The van der Waals surface area contributed by atoms with Crippen molar-refractivity contribution in [1.29, 1.82) is 0 Å². The number of aryl methyl sites for hydroxylation is 2. The second-order valence-corrected chi connectivity index (χ2v) is 6.71. The van der Waals surface area contributed by atoms with Crippen LogP contribution in [-0.4, -0.2) is 24.7 Å². The molecule has 1 aromatic carbocycles. The van der Waals surface area contributed by atoms with Crippen molar-refractivity contribution in [2.24, 2.45) is 0 Å². The average Bonchev–Trinajstić information content (AvgIpc) is 3.10. The molecule has 0 spiro atoms. The molecule has 3 heterocycles. The number of pyridine rings is 1. The lowest BCUT2D eigenvalue weighted by molar-refractivity contribution is 0.301. The highest BCUT2D eigenvalue weighted by atomic mass is 16.5. The van der Waals surface area contributed by atoms with Gasteiger partial charge in [-0.25, -0.2) is 9.67 Å². The molecule has 0 saturated carbocycles. The number of benzene rings is 1. The molecule has 0 fully saturated rings. The monoisotopic (exact) mass is 386 g/mol. The minimum atomic E-state index is 0.452. The second kappa shape index (κ2) is 8.52. The Morgan fingerprint density at radius 3 is 2.62 bits per heavy atom. The van der Waals surface area contributed by atoms with Gasteiger partial charge in [0.05, 0.1) is 23.8 Å². The van der Waals surface area contributed by atoms with E-state index in [2.05, 4.69) is 25.4 Å². The first-order valence-corrected chi connectivity index (χ1v) is 9.38. The summed E-state index contributed by atoms with van der Waals surface area (Å²) < 4.78 is 7.57. The zero-order valence-electron chi connectivity index (χ0n) is 16.4. The molecule has 29 heavy (non-hydrogen) atoms. The lowest BCUT2D eigenvalue weighted by atomic mass is 10.2. The van der Waals surface area contributed by atoms with Crippen molar-refractivity contribution in [3.05, 3.63) is 89.8 Å². The molecule has 0 aliphatic carbocycles. The highest BCUT2D eigenvalue weighted by Gasteiger charge is 2.06. The molecular weight excluding hydrogens is 364 g/mol. The first-order valence-electron chi connectivity index (χ1n) is 9.38. The van der Waals surface area contributed by atoms with Crippen molar-refractivity contribution in [2.75, 3.05) is 5.32 Å². The molecule has 0 bridgehead atoms. The molecule has 3 aromatic heterocycles. The quantitative estimate of drug-likeness (QED) is 0.520. The molecule has 0 aliphatic rings. The Morgan fingerprint density at radius 1 is 1.03 bits per heavy atom. The molecule has 4 rings (SSSR count). The zero-order valence-corrected chi connectivity index (χ0v) is 16.4. The summed E-state index contributed by atoms with van der Waals surface area (Å²) in [7, 11) is 0. The summed E-state index contributed by atoms with van der Waals surface area (Å²) >= 11 is 0. The van der Waals surface area contributed by atoms with Crippen molar-refractivity contribution < 1.29 is 4.74 Å². The summed E-state index contributed by atoms with van der Waals surface area (Å²) in [6.07, 6.45) is 5.18. The number of anilines is 1. The van der Waals surface area contributed by atoms with Crippen LogP contribution in [0.3, 0.4) is 0 Å². The van der Waals surface area contributed by atoms with Crippen molar-refractivity contribution in [3.63, 3.8) is 0 Å². The molecule has 0 aliphatic heterocycles. The molecular formula is C22H22N6O.